The van der Waals surface area contributed by atoms with Gasteiger partial charge >= 0.3 is 0 Å². The van der Waals surface area contributed by atoms with E-state index >= 15 is 0 Å². The van der Waals surface area contributed by atoms with Crippen LogP contribution in [0.5, 0.6) is 0 Å². The number of carbonyl (C=O) groups excluding carboxylic acids is 1. The second-order valence-electron chi connectivity index (χ2n) is 8.88. The van der Waals surface area contributed by atoms with Crippen LogP contribution < -0.4 is 5.32 Å². The summed E-state index contributed by atoms with van der Waals surface area (Å²) >= 11 is 19.8. The van der Waals surface area contributed by atoms with E-state index < -0.39 is 0 Å². The average Bonchev–Trinajstić information content (AvgIpc) is 2.99. The molecule has 1 N–H and O–H groups in total. The van der Waals surface area contributed by atoms with Crippen molar-refractivity contribution in [1.29, 1.82) is 0 Å². The van der Waals surface area contributed by atoms with E-state index in [0.29, 0.717) is 30.6 Å². The molecule has 2 aromatic rings. The van der Waals surface area contributed by atoms with Gasteiger partial charge in [0, 0.05) is 10.4 Å². The summed E-state index contributed by atoms with van der Waals surface area (Å²) in [5.41, 5.74) is 0.559. The Bertz CT molecular complexity index is 955. The largest absolute Gasteiger partial charge is 0.350 e. The molecule has 8 heteroatoms. The molecule has 4 aliphatic rings. The summed E-state index contributed by atoms with van der Waals surface area (Å²) in [6, 6.07) is 3.30. The van der Waals surface area contributed by atoms with Crippen molar-refractivity contribution in [2.24, 2.45) is 17.8 Å². The van der Waals surface area contributed by atoms with Crippen LogP contribution in [0.25, 0.3) is 0 Å². The molecular weight excluding hydrogens is 451 g/mol. The number of benzene rings is 1. The second kappa shape index (κ2) is 7.37. The summed E-state index contributed by atoms with van der Waals surface area (Å²) < 4.78 is 5.45. The van der Waals surface area contributed by atoms with Crippen molar-refractivity contribution in [3.05, 3.63) is 38.7 Å². The van der Waals surface area contributed by atoms with Crippen LogP contribution in [0.2, 0.25) is 15.1 Å². The van der Waals surface area contributed by atoms with Gasteiger partial charge in [-0.2, -0.15) is 0 Å². The average molecular weight is 472 g/mol. The molecule has 0 atom stereocenters. The maximum atomic E-state index is 13.2. The highest BCUT2D eigenvalue weighted by molar-refractivity contribution is 7.99. The zero-order valence-electron chi connectivity index (χ0n) is 15.9. The fourth-order valence-corrected chi connectivity index (χ4v) is 7.57. The molecule has 29 heavy (non-hydrogen) atoms. The molecule has 0 spiro atoms. The zero-order chi connectivity index (χ0) is 20.3. The third-order valence-corrected chi connectivity index (χ3v) is 9.01. The highest BCUT2D eigenvalue weighted by atomic mass is 35.5. The van der Waals surface area contributed by atoms with Gasteiger partial charge in [0.25, 0.3) is 5.91 Å². The van der Waals surface area contributed by atoms with E-state index in [1.165, 1.54) is 31.0 Å². The molecular formula is C21H21Cl3N2O2S. The van der Waals surface area contributed by atoms with Crippen molar-refractivity contribution in [2.45, 2.75) is 60.8 Å². The molecule has 0 aliphatic heterocycles. The van der Waals surface area contributed by atoms with E-state index in [0.717, 1.165) is 37.0 Å². The quantitative estimate of drug-likeness (QED) is 0.499. The zero-order valence-corrected chi connectivity index (χ0v) is 19.0. The Morgan fingerprint density at radius 1 is 1.07 bits per heavy atom. The predicted octanol–water partition coefficient (Wildman–Crippen LogP) is 6.79. The number of rotatable bonds is 4. The van der Waals surface area contributed by atoms with Crippen LogP contribution in [0.15, 0.2) is 26.4 Å². The minimum atomic E-state index is -0.189. The summed E-state index contributed by atoms with van der Waals surface area (Å²) in [6.45, 7) is 1.82. The molecule has 1 aromatic heterocycles. The Kier molecular flexibility index (Phi) is 5.09. The Hall–Kier alpha value is -0.880. The Balaban J connectivity index is 1.40. The first-order chi connectivity index (χ1) is 13.8. The van der Waals surface area contributed by atoms with Crippen molar-refractivity contribution in [3.8, 4) is 0 Å². The van der Waals surface area contributed by atoms with E-state index in [9.17, 15) is 4.79 Å². The lowest BCUT2D eigenvalue weighted by atomic mass is 9.53. The smallest absolute Gasteiger partial charge is 0.291 e. The van der Waals surface area contributed by atoms with Crippen LogP contribution in [0.4, 0.5) is 0 Å². The van der Waals surface area contributed by atoms with Crippen LogP contribution >= 0.6 is 46.6 Å². The van der Waals surface area contributed by atoms with Crippen LogP contribution in [-0.4, -0.2) is 16.6 Å². The van der Waals surface area contributed by atoms with E-state index in [-0.39, 0.29) is 17.2 Å². The summed E-state index contributed by atoms with van der Waals surface area (Å²) in [5.74, 6) is 2.31. The van der Waals surface area contributed by atoms with Gasteiger partial charge < -0.3 is 9.84 Å². The third-order valence-electron chi connectivity index (χ3n) is 6.62. The number of nitrogens with zero attached hydrogens (tertiary/aromatic N) is 1. The normalized spacial score (nSPS) is 30.0. The van der Waals surface area contributed by atoms with Crippen molar-refractivity contribution in [1.82, 2.24) is 10.5 Å². The first-order valence-corrected chi connectivity index (χ1v) is 11.9. The summed E-state index contributed by atoms with van der Waals surface area (Å²) in [6.07, 6.45) is 7.23. The van der Waals surface area contributed by atoms with Crippen molar-refractivity contribution < 1.29 is 9.32 Å². The predicted molar refractivity (Wildman–Crippen MR) is 115 cm³/mol. The number of halogens is 3. The molecule has 4 saturated carbocycles. The highest BCUT2D eigenvalue weighted by Gasteiger charge is 2.51. The maximum absolute atomic E-state index is 13.2. The summed E-state index contributed by atoms with van der Waals surface area (Å²) in [7, 11) is 0. The number of hydrogen-bond donors (Lipinski definition) is 1. The molecule has 1 aromatic carbocycles. The molecule has 1 heterocycles. The number of carbonyl (C=O) groups is 1. The van der Waals surface area contributed by atoms with Crippen molar-refractivity contribution in [2.75, 3.05) is 0 Å². The number of hydrogen-bond acceptors (Lipinski definition) is 4. The fourth-order valence-electron chi connectivity index (χ4n) is 5.88. The van der Waals surface area contributed by atoms with E-state index in [1.807, 2.05) is 6.92 Å². The second-order valence-corrected chi connectivity index (χ2v) is 11.2. The lowest BCUT2D eigenvalue weighted by Gasteiger charge is -2.56. The number of amides is 1. The summed E-state index contributed by atoms with van der Waals surface area (Å²) in [4.78, 5) is 14.6. The molecule has 0 radical (unpaired) electrons. The van der Waals surface area contributed by atoms with Crippen LogP contribution in [0.3, 0.4) is 0 Å². The molecule has 4 aliphatic carbocycles. The van der Waals surface area contributed by atoms with E-state index in [4.69, 9.17) is 39.3 Å². The lowest BCUT2D eigenvalue weighted by molar-refractivity contribution is -0.0173. The third kappa shape index (κ3) is 3.69. The lowest BCUT2D eigenvalue weighted by Crippen LogP contribution is -2.59. The topological polar surface area (TPSA) is 55.1 Å². The molecule has 4 fully saturated rings. The van der Waals surface area contributed by atoms with Crippen LogP contribution in [0, 0.1) is 24.7 Å². The Labute approximate surface area is 189 Å². The first-order valence-electron chi connectivity index (χ1n) is 9.93. The van der Waals surface area contributed by atoms with Crippen LogP contribution in [0.1, 0.15) is 54.8 Å². The molecule has 154 valence electrons. The minimum absolute atomic E-state index is 0.0876. The monoisotopic (exact) mass is 470 g/mol. The summed E-state index contributed by atoms with van der Waals surface area (Å²) in [5, 5.41) is 8.66. The van der Waals surface area contributed by atoms with Gasteiger partial charge in [-0.25, -0.2) is 0 Å². The van der Waals surface area contributed by atoms with Gasteiger partial charge in [0.15, 0.2) is 0 Å². The van der Waals surface area contributed by atoms with Gasteiger partial charge in [0.2, 0.25) is 5.76 Å². The molecule has 0 unspecified atom stereocenters. The molecule has 1 amide bonds. The number of aromatic nitrogens is 1. The fraction of sp³-hybridized carbons (Fsp3) is 0.524. The van der Waals surface area contributed by atoms with Gasteiger partial charge in [-0.15, -0.1) is 0 Å². The van der Waals surface area contributed by atoms with Gasteiger partial charge in [0.1, 0.15) is 0 Å². The van der Waals surface area contributed by atoms with E-state index in [1.54, 1.807) is 12.1 Å². The minimum Gasteiger partial charge on any atom is -0.350 e. The SMILES string of the molecule is Cc1noc(C(=O)NC23CC4CC(CC(C4)C2)C3)c1Sc1cc(Cl)c(Cl)cc1Cl. The molecule has 6 rings (SSSR count). The number of aryl methyl sites for hydroxylation is 1. The van der Waals surface area contributed by atoms with Gasteiger partial charge in [-0.1, -0.05) is 51.7 Å². The van der Waals surface area contributed by atoms with Crippen LogP contribution in [-0.2, 0) is 0 Å². The van der Waals surface area contributed by atoms with Gasteiger partial charge in [-0.05, 0) is 75.3 Å². The first kappa shape index (κ1) is 20.0. The van der Waals surface area contributed by atoms with Crippen molar-refractivity contribution in [3.63, 3.8) is 0 Å². The van der Waals surface area contributed by atoms with Gasteiger partial charge in [-0.3, -0.25) is 4.79 Å². The Morgan fingerprint density at radius 2 is 1.66 bits per heavy atom. The molecule has 4 bridgehead atoms. The molecule has 4 nitrogen and oxygen atoms in total. The standard InChI is InChI=1S/C21H21Cl3N2O2S/c1-10-19(29-17-6-15(23)14(22)5-16(17)24)18(28-26-10)20(27)25-21-7-11-2-12(8-21)4-13(3-11)9-21/h5-6,11-13H,2-4,7-9H2,1H3,(H,25,27). The number of nitrogens with one attached hydrogen (secondary N) is 1. The highest BCUT2D eigenvalue weighted by Crippen LogP contribution is 2.55. The maximum Gasteiger partial charge on any atom is 0.291 e. The van der Waals surface area contributed by atoms with E-state index in [2.05, 4.69) is 10.5 Å². The van der Waals surface area contributed by atoms with Crippen molar-refractivity contribution >= 4 is 52.5 Å². The molecule has 0 saturated heterocycles. The van der Waals surface area contributed by atoms with Gasteiger partial charge in [0.05, 0.1) is 25.7 Å². The Morgan fingerprint density at radius 3 is 2.28 bits per heavy atom.